The minimum atomic E-state index is -0.924. The Bertz CT molecular complexity index is 714. The third-order valence-corrected chi connectivity index (χ3v) is 3.34. The summed E-state index contributed by atoms with van der Waals surface area (Å²) in [4.78, 5) is 33.1. The van der Waals surface area contributed by atoms with Crippen molar-refractivity contribution in [1.82, 2.24) is 10.3 Å². The summed E-state index contributed by atoms with van der Waals surface area (Å²) < 4.78 is 13.4. The molecule has 0 spiro atoms. The minimum absolute atomic E-state index is 0.0521. The highest BCUT2D eigenvalue weighted by molar-refractivity contribution is 5.85. The van der Waals surface area contributed by atoms with Crippen LogP contribution in [0, 0.1) is 5.82 Å². The summed E-state index contributed by atoms with van der Waals surface area (Å²) >= 11 is 0. The molecule has 1 atom stereocenters. The average molecular weight is 337 g/mol. The standard InChI is InChI=1S/C12H14FN3O.C4H6O3/c1-15-10(12(14)17)5-7-6-16-11-8(7)3-2-4-9(11)13;5-3-1-2-4(6)7/h2-4,6,10,15-16H,5H2,1H3,(H2,14,17);3H,1-2H2,(H,6,7)/t10-;/m0./s1. The van der Waals surface area contributed by atoms with Crippen molar-refractivity contribution < 1.29 is 23.9 Å². The molecule has 130 valence electrons. The third-order valence-electron chi connectivity index (χ3n) is 3.34. The van der Waals surface area contributed by atoms with E-state index in [1.807, 2.05) is 6.07 Å². The summed E-state index contributed by atoms with van der Waals surface area (Å²) in [7, 11) is 1.67. The quantitative estimate of drug-likeness (QED) is 0.560. The van der Waals surface area contributed by atoms with Crippen LogP contribution in [0.3, 0.4) is 0 Å². The Balaban J connectivity index is 0.000000351. The molecule has 0 saturated carbocycles. The molecule has 1 amide bonds. The van der Waals surface area contributed by atoms with Gasteiger partial charge in [0.05, 0.1) is 18.0 Å². The largest absolute Gasteiger partial charge is 0.481 e. The van der Waals surface area contributed by atoms with Crippen LogP contribution in [0.25, 0.3) is 10.9 Å². The molecule has 1 heterocycles. The predicted molar refractivity (Wildman–Crippen MR) is 86.9 cm³/mol. The zero-order valence-electron chi connectivity index (χ0n) is 13.2. The molecule has 24 heavy (non-hydrogen) atoms. The Morgan fingerprint density at radius 1 is 1.46 bits per heavy atom. The summed E-state index contributed by atoms with van der Waals surface area (Å²) in [5.41, 5.74) is 6.58. The van der Waals surface area contributed by atoms with Crippen LogP contribution >= 0.6 is 0 Å². The number of aldehydes is 1. The molecule has 2 aromatic rings. The van der Waals surface area contributed by atoms with Gasteiger partial charge in [-0.05, 0) is 25.1 Å². The fourth-order valence-electron chi connectivity index (χ4n) is 2.09. The Kier molecular flexibility index (Phi) is 7.57. The molecule has 0 aliphatic rings. The lowest BCUT2D eigenvalue weighted by Gasteiger charge is -2.11. The zero-order valence-corrected chi connectivity index (χ0v) is 13.2. The van der Waals surface area contributed by atoms with E-state index >= 15 is 0 Å². The molecule has 5 N–H and O–H groups in total. The summed E-state index contributed by atoms with van der Waals surface area (Å²) in [6.45, 7) is 0. The smallest absolute Gasteiger partial charge is 0.303 e. The van der Waals surface area contributed by atoms with Crippen molar-refractivity contribution in [2.24, 2.45) is 5.73 Å². The molecular weight excluding hydrogens is 317 g/mol. The number of carboxylic acid groups (broad SMARTS) is 1. The number of carboxylic acids is 1. The van der Waals surface area contributed by atoms with Gasteiger partial charge in [0.2, 0.25) is 5.91 Å². The van der Waals surface area contributed by atoms with Crippen LogP contribution in [-0.4, -0.2) is 41.3 Å². The first-order chi connectivity index (χ1) is 11.4. The fraction of sp³-hybridized carbons (Fsp3) is 0.312. The van der Waals surface area contributed by atoms with Gasteiger partial charge in [0.1, 0.15) is 12.1 Å². The van der Waals surface area contributed by atoms with E-state index in [0.29, 0.717) is 18.2 Å². The Morgan fingerprint density at radius 3 is 2.67 bits per heavy atom. The van der Waals surface area contributed by atoms with Crippen LogP contribution < -0.4 is 11.1 Å². The van der Waals surface area contributed by atoms with Gasteiger partial charge in [0.25, 0.3) is 0 Å². The SMILES string of the molecule is CN[C@@H](Cc1c[nH]c2c(F)cccc12)C(N)=O.O=CCCC(=O)O. The number of para-hydroxylation sites is 1. The van der Waals surface area contributed by atoms with E-state index in [0.717, 1.165) is 10.9 Å². The number of rotatable bonds is 7. The normalized spacial score (nSPS) is 11.4. The number of halogens is 1. The lowest BCUT2D eigenvalue weighted by Crippen LogP contribution is -2.40. The second kappa shape index (κ2) is 9.41. The van der Waals surface area contributed by atoms with E-state index in [4.69, 9.17) is 10.8 Å². The van der Waals surface area contributed by atoms with E-state index in [9.17, 15) is 18.8 Å². The predicted octanol–water partition coefficient (Wildman–Crippen LogP) is 0.973. The number of nitrogens with one attached hydrogen (secondary N) is 2. The van der Waals surface area contributed by atoms with Crippen molar-refractivity contribution in [3.05, 3.63) is 35.8 Å². The topological polar surface area (TPSA) is 125 Å². The molecule has 0 bridgehead atoms. The lowest BCUT2D eigenvalue weighted by molar-refractivity contribution is -0.137. The van der Waals surface area contributed by atoms with Gasteiger partial charge < -0.3 is 25.9 Å². The van der Waals surface area contributed by atoms with Crippen LogP contribution in [0.15, 0.2) is 24.4 Å². The van der Waals surface area contributed by atoms with Crippen molar-refractivity contribution in [1.29, 1.82) is 0 Å². The summed E-state index contributed by atoms with van der Waals surface area (Å²) in [6.07, 6.45) is 2.81. The average Bonchev–Trinajstić information content (AvgIpc) is 2.95. The van der Waals surface area contributed by atoms with Crippen LogP contribution in [0.4, 0.5) is 4.39 Å². The van der Waals surface area contributed by atoms with E-state index in [1.54, 1.807) is 19.3 Å². The molecule has 0 unspecified atom stereocenters. The van der Waals surface area contributed by atoms with Gasteiger partial charge in [-0.3, -0.25) is 9.59 Å². The minimum Gasteiger partial charge on any atom is -0.481 e. The van der Waals surface area contributed by atoms with Crippen molar-refractivity contribution in [2.75, 3.05) is 7.05 Å². The summed E-state index contributed by atoms with van der Waals surface area (Å²) in [6, 6.07) is 4.41. The van der Waals surface area contributed by atoms with E-state index in [2.05, 4.69) is 10.3 Å². The van der Waals surface area contributed by atoms with Gasteiger partial charge in [0.15, 0.2) is 0 Å². The molecule has 7 nitrogen and oxygen atoms in total. The number of fused-ring (bicyclic) bond motifs is 1. The third kappa shape index (κ3) is 5.47. The van der Waals surface area contributed by atoms with Crippen LogP contribution in [0.2, 0.25) is 0 Å². The first-order valence-electron chi connectivity index (χ1n) is 7.27. The number of aromatic nitrogens is 1. The molecule has 1 aromatic carbocycles. The van der Waals surface area contributed by atoms with Gasteiger partial charge in [-0.15, -0.1) is 0 Å². The Labute approximate surface area is 138 Å². The lowest BCUT2D eigenvalue weighted by atomic mass is 10.0. The number of aromatic amines is 1. The van der Waals surface area contributed by atoms with Gasteiger partial charge in [-0.2, -0.15) is 0 Å². The van der Waals surface area contributed by atoms with Gasteiger partial charge in [-0.25, -0.2) is 4.39 Å². The highest BCUT2D eigenvalue weighted by atomic mass is 19.1. The zero-order chi connectivity index (χ0) is 18.1. The monoisotopic (exact) mass is 337 g/mol. The number of benzene rings is 1. The molecule has 0 radical (unpaired) electrons. The summed E-state index contributed by atoms with van der Waals surface area (Å²) in [5, 5.41) is 11.5. The molecular formula is C16H20FN3O4. The van der Waals surface area contributed by atoms with Crippen LogP contribution in [0.1, 0.15) is 18.4 Å². The molecule has 8 heteroatoms. The van der Waals surface area contributed by atoms with Gasteiger partial charge >= 0.3 is 5.97 Å². The number of likely N-dealkylation sites (N-methyl/N-ethyl adjacent to an activating group) is 1. The van der Waals surface area contributed by atoms with Crippen molar-refractivity contribution >= 4 is 29.1 Å². The maximum atomic E-state index is 13.4. The molecule has 2 rings (SSSR count). The molecule has 0 fully saturated rings. The Hall–Kier alpha value is -2.74. The number of amides is 1. The van der Waals surface area contributed by atoms with Gasteiger partial charge in [-0.1, -0.05) is 12.1 Å². The number of H-pyrrole nitrogens is 1. The molecule has 1 aromatic heterocycles. The van der Waals surface area contributed by atoms with E-state index < -0.39 is 17.9 Å². The number of nitrogens with two attached hydrogens (primary N) is 1. The van der Waals surface area contributed by atoms with Gasteiger partial charge in [0, 0.05) is 18.0 Å². The second-order valence-electron chi connectivity index (χ2n) is 5.02. The number of hydrogen-bond donors (Lipinski definition) is 4. The summed E-state index contributed by atoms with van der Waals surface area (Å²) in [5.74, 6) is -1.64. The van der Waals surface area contributed by atoms with Crippen LogP contribution in [-0.2, 0) is 20.8 Å². The Morgan fingerprint density at radius 2 is 2.17 bits per heavy atom. The molecule has 0 saturated heterocycles. The van der Waals surface area contributed by atoms with Crippen molar-refractivity contribution in [3.63, 3.8) is 0 Å². The maximum absolute atomic E-state index is 13.4. The number of primary amides is 1. The number of hydrogen-bond acceptors (Lipinski definition) is 4. The number of aliphatic carboxylic acids is 1. The highest BCUT2D eigenvalue weighted by Gasteiger charge is 2.16. The van der Waals surface area contributed by atoms with Crippen molar-refractivity contribution in [3.8, 4) is 0 Å². The number of carbonyl (C=O) groups is 3. The molecule has 0 aliphatic carbocycles. The molecule has 0 aliphatic heterocycles. The van der Waals surface area contributed by atoms with E-state index in [-0.39, 0.29) is 18.7 Å². The highest BCUT2D eigenvalue weighted by Crippen LogP contribution is 2.21. The first kappa shape index (κ1) is 19.3. The van der Waals surface area contributed by atoms with Crippen LogP contribution in [0.5, 0.6) is 0 Å². The number of carbonyl (C=O) groups excluding carboxylic acids is 2. The van der Waals surface area contributed by atoms with E-state index in [1.165, 1.54) is 6.07 Å². The first-order valence-corrected chi connectivity index (χ1v) is 7.27. The fourth-order valence-corrected chi connectivity index (χ4v) is 2.09. The maximum Gasteiger partial charge on any atom is 0.303 e. The second-order valence-corrected chi connectivity index (χ2v) is 5.02. The van der Waals surface area contributed by atoms with Crippen molar-refractivity contribution in [2.45, 2.75) is 25.3 Å².